The summed E-state index contributed by atoms with van der Waals surface area (Å²) in [6, 6.07) is 3.90. The molecule has 1 aromatic carbocycles. The smallest absolute Gasteiger partial charge is 0.416 e. The van der Waals surface area contributed by atoms with Crippen molar-refractivity contribution in [3.63, 3.8) is 0 Å². The molecule has 2 aliphatic heterocycles. The molecule has 0 spiro atoms. The lowest BCUT2D eigenvalue weighted by atomic mass is 9.83. The van der Waals surface area contributed by atoms with Crippen LogP contribution in [0.3, 0.4) is 0 Å². The van der Waals surface area contributed by atoms with Gasteiger partial charge >= 0.3 is 12.1 Å². The fourth-order valence-corrected chi connectivity index (χ4v) is 4.33. The third-order valence-electron chi connectivity index (χ3n) is 5.91. The fourth-order valence-electron chi connectivity index (χ4n) is 4.33. The van der Waals surface area contributed by atoms with Crippen LogP contribution in [0.2, 0.25) is 6.32 Å². The number of likely N-dealkylation sites (tertiary alicyclic amines) is 1. The lowest BCUT2D eigenvalue weighted by Crippen LogP contribution is -2.55. The molecule has 1 fully saturated rings. The second kappa shape index (κ2) is 8.04. The van der Waals surface area contributed by atoms with Crippen molar-refractivity contribution in [2.45, 2.75) is 49.9 Å². The van der Waals surface area contributed by atoms with E-state index in [4.69, 9.17) is 13.6 Å². The molecule has 28 heavy (non-hydrogen) atoms. The summed E-state index contributed by atoms with van der Waals surface area (Å²) in [6.45, 7) is 1.81. The van der Waals surface area contributed by atoms with Crippen molar-refractivity contribution in [1.29, 1.82) is 0 Å². The Morgan fingerprint density at radius 1 is 1.39 bits per heavy atom. The molecule has 5 nitrogen and oxygen atoms in total. The van der Waals surface area contributed by atoms with Crippen LogP contribution >= 0.6 is 0 Å². The molecule has 2 aliphatic rings. The number of nitrogens with zero attached hydrogens (tertiary/aromatic N) is 1. The number of halogens is 3. The molecule has 0 saturated carbocycles. The second-order valence-electron chi connectivity index (χ2n) is 7.93. The largest absolute Gasteiger partial charge is 0.480 e. The molecule has 1 aromatic rings. The van der Waals surface area contributed by atoms with E-state index in [1.54, 1.807) is 6.07 Å². The van der Waals surface area contributed by atoms with E-state index in [1.807, 2.05) is 4.90 Å². The maximum atomic E-state index is 12.9. The van der Waals surface area contributed by atoms with Gasteiger partial charge < -0.3 is 16.2 Å². The second-order valence-corrected chi connectivity index (χ2v) is 7.93. The molecule has 1 saturated heterocycles. The molecule has 4 N–H and O–H groups in total. The highest BCUT2D eigenvalue weighted by atomic mass is 19.4. The first kappa shape index (κ1) is 21.1. The average molecular weight is 395 g/mol. The van der Waals surface area contributed by atoms with Crippen LogP contribution in [0.5, 0.6) is 0 Å². The lowest BCUT2D eigenvalue weighted by Gasteiger charge is -2.30. The zero-order valence-corrected chi connectivity index (χ0v) is 15.6. The topological polar surface area (TPSA) is 78.6 Å². The van der Waals surface area contributed by atoms with Crippen LogP contribution in [-0.4, -0.2) is 55.0 Å². The summed E-state index contributed by atoms with van der Waals surface area (Å²) >= 11 is 0. The Labute approximate surface area is 163 Å². The minimum atomic E-state index is -4.35. The highest BCUT2D eigenvalue weighted by molar-refractivity contribution is 6.08. The number of fused-ring (bicyclic) bond motifs is 1. The van der Waals surface area contributed by atoms with Gasteiger partial charge in [-0.1, -0.05) is 18.8 Å². The van der Waals surface area contributed by atoms with E-state index in [1.165, 1.54) is 6.07 Å². The van der Waals surface area contributed by atoms with Crippen molar-refractivity contribution >= 4 is 13.8 Å². The van der Waals surface area contributed by atoms with E-state index >= 15 is 0 Å². The minimum Gasteiger partial charge on any atom is -0.480 e. The van der Waals surface area contributed by atoms with Gasteiger partial charge in [0, 0.05) is 38.1 Å². The fraction of sp³-hybridized carbons (Fsp3) is 0.632. The van der Waals surface area contributed by atoms with Gasteiger partial charge in [-0.25, -0.2) is 0 Å². The molecule has 0 aromatic heterocycles. The predicted octanol–water partition coefficient (Wildman–Crippen LogP) is 1.80. The summed E-state index contributed by atoms with van der Waals surface area (Å²) in [7, 11) is 5.56. The SMILES string of the molecule is [B]CCC[C@H]1CN(CC2Cc3ccc(C(F)(F)F)cc3CN2)C[C@@]1(N)C(=O)O. The van der Waals surface area contributed by atoms with Crippen molar-refractivity contribution in [2.24, 2.45) is 11.7 Å². The van der Waals surface area contributed by atoms with Crippen molar-refractivity contribution in [3.05, 3.63) is 34.9 Å². The Bertz CT molecular complexity index is 731. The predicted molar refractivity (Wildman–Crippen MR) is 100 cm³/mol. The van der Waals surface area contributed by atoms with Gasteiger partial charge in [0.25, 0.3) is 0 Å². The molecule has 0 aliphatic carbocycles. The minimum absolute atomic E-state index is 0.0375. The van der Waals surface area contributed by atoms with Gasteiger partial charge in [-0.05, 0) is 36.1 Å². The number of nitrogens with two attached hydrogens (primary N) is 1. The molecule has 152 valence electrons. The highest BCUT2D eigenvalue weighted by Gasteiger charge is 2.49. The van der Waals surface area contributed by atoms with Crippen molar-refractivity contribution in [2.75, 3.05) is 19.6 Å². The Hall–Kier alpha value is -1.58. The zero-order chi connectivity index (χ0) is 20.5. The lowest BCUT2D eigenvalue weighted by molar-refractivity contribution is -0.144. The Kier molecular flexibility index (Phi) is 6.07. The normalized spacial score (nSPS) is 28.3. The number of alkyl halides is 3. The third-order valence-corrected chi connectivity index (χ3v) is 5.91. The van der Waals surface area contributed by atoms with E-state index < -0.39 is 23.2 Å². The monoisotopic (exact) mass is 395 g/mol. The van der Waals surface area contributed by atoms with Gasteiger partial charge in [0.1, 0.15) is 5.54 Å². The van der Waals surface area contributed by atoms with Crippen LogP contribution in [0.4, 0.5) is 13.2 Å². The number of benzene rings is 1. The number of carboxylic acid groups (broad SMARTS) is 1. The standard InChI is InChI=1S/C19H25BF3N3O2/c20-5-1-2-15-9-26(11-18(15,24)17(27)28)10-16-7-12-3-4-14(19(21,22)23)6-13(12)8-25-16/h3-4,6,15-16,25H,1-2,5,7-11,24H2,(H,27,28)/t15-,16?,18-/m0/s1. The number of rotatable bonds is 6. The van der Waals surface area contributed by atoms with Crippen LogP contribution in [0.1, 0.15) is 29.5 Å². The van der Waals surface area contributed by atoms with E-state index in [9.17, 15) is 23.1 Å². The van der Waals surface area contributed by atoms with E-state index in [-0.39, 0.29) is 18.5 Å². The summed E-state index contributed by atoms with van der Waals surface area (Å²) in [4.78, 5) is 13.8. The Morgan fingerprint density at radius 3 is 2.79 bits per heavy atom. The number of carboxylic acids is 1. The summed E-state index contributed by atoms with van der Waals surface area (Å²) in [5.74, 6) is -1.17. The molecule has 3 atom stereocenters. The molecule has 2 radical (unpaired) electrons. The van der Waals surface area contributed by atoms with Crippen LogP contribution in [0.25, 0.3) is 0 Å². The number of hydrogen-bond acceptors (Lipinski definition) is 4. The van der Waals surface area contributed by atoms with E-state index in [0.29, 0.717) is 44.4 Å². The van der Waals surface area contributed by atoms with Gasteiger partial charge in [-0.3, -0.25) is 9.69 Å². The summed E-state index contributed by atoms with van der Waals surface area (Å²) in [5, 5.41) is 12.9. The first-order valence-corrected chi connectivity index (χ1v) is 9.50. The van der Waals surface area contributed by atoms with Gasteiger partial charge in [-0.2, -0.15) is 13.2 Å². The Balaban J connectivity index is 1.65. The van der Waals surface area contributed by atoms with Gasteiger partial charge in [0.05, 0.1) is 13.4 Å². The molecule has 2 heterocycles. The molecule has 0 amide bonds. The van der Waals surface area contributed by atoms with Crippen molar-refractivity contribution in [3.8, 4) is 0 Å². The maximum absolute atomic E-state index is 12.9. The van der Waals surface area contributed by atoms with Crippen molar-refractivity contribution < 1.29 is 23.1 Å². The van der Waals surface area contributed by atoms with Crippen molar-refractivity contribution in [1.82, 2.24) is 10.2 Å². The van der Waals surface area contributed by atoms with E-state index in [0.717, 1.165) is 18.1 Å². The van der Waals surface area contributed by atoms with Crippen LogP contribution in [-0.2, 0) is 23.9 Å². The zero-order valence-electron chi connectivity index (χ0n) is 15.6. The van der Waals surface area contributed by atoms with Crippen LogP contribution in [0, 0.1) is 5.92 Å². The number of nitrogens with one attached hydrogen (secondary N) is 1. The number of hydrogen-bond donors (Lipinski definition) is 3. The Morgan fingerprint density at radius 2 is 2.14 bits per heavy atom. The molecule has 3 rings (SSSR count). The summed E-state index contributed by atoms with van der Waals surface area (Å²) < 4.78 is 38.6. The van der Waals surface area contributed by atoms with Crippen LogP contribution in [0.15, 0.2) is 18.2 Å². The average Bonchev–Trinajstić information content (AvgIpc) is 2.95. The molecular formula is C19H25BF3N3O2. The molecule has 1 unspecified atom stereocenters. The molecule has 9 heteroatoms. The van der Waals surface area contributed by atoms with E-state index in [2.05, 4.69) is 5.32 Å². The highest BCUT2D eigenvalue weighted by Crippen LogP contribution is 2.33. The summed E-state index contributed by atoms with van der Waals surface area (Å²) in [6.07, 6.45) is -1.87. The number of aliphatic carboxylic acids is 1. The summed E-state index contributed by atoms with van der Waals surface area (Å²) in [5.41, 5.74) is 5.84. The molecule has 0 bridgehead atoms. The maximum Gasteiger partial charge on any atom is 0.416 e. The first-order chi connectivity index (χ1) is 13.1. The van der Waals surface area contributed by atoms with Gasteiger partial charge in [-0.15, -0.1) is 0 Å². The van der Waals surface area contributed by atoms with Gasteiger partial charge in [0.2, 0.25) is 0 Å². The first-order valence-electron chi connectivity index (χ1n) is 9.50. The quantitative estimate of drug-likeness (QED) is 0.641. The van der Waals surface area contributed by atoms with Crippen LogP contribution < -0.4 is 11.1 Å². The number of carbonyl (C=O) groups is 1. The van der Waals surface area contributed by atoms with Gasteiger partial charge in [0.15, 0.2) is 0 Å². The third kappa shape index (κ3) is 4.36. The molecular weight excluding hydrogens is 370 g/mol.